The summed E-state index contributed by atoms with van der Waals surface area (Å²) < 4.78 is 7.16. The summed E-state index contributed by atoms with van der Waals surface area (Å²) in [5.41, 5.74) is 2.47. The number of hydrogen-bond donors (Lipinski definition) is 1. The first-order valence-corrected chi connectivity index (χ1v) is 7.89. The van der Waals surface area contributed by atoms with Crippen LogP contribution in [-0.4, -0.2) is 26.6 Å². The summed E-state index contributed by atoms with van der Waals surface area (Å²) in [6, 6.07) is 17.3. The summed E-state index contributed by atoms with van der Waals surface area (Å²) in [6.45, 7) is 0.566. The van der Waals surface area contributed by atoms with E-state index >= 15 is 0 Å². The summed E-state index contributed by atoms with van der Waals surface area (Å²) in [6.07, 6.45) is 1.64. The van der Waals surface area contributed by atoms with Gasteiger partial charge in [0.15, 0.2) is 11.2 Å². The highest BCUT2D eigenvalue weighted by Crippen LogP contribution is 2.26. The zero-order valence-electron chi connectivity index (χ0n) is 13.6. The van der Waals surface area contributed by atoms with Crippen molar-refractivity contribution in [1.82, 2.24) is 19.5 Å². The zero-order chi connectivity index (χ0) is 17.2. The second-order valence-electron chi connectivity index (χ2n) is 5.65. The Kier molecular flexibility index (Phi) is 3.78. The largest absolute Gasteiger partial charge is 0.496 e. The van der Waals surface area contributed by atoms with Crippen molar-refractivity contribution in [3.63, 3.8) is 0 Å². The first kappa shape index (κ1) is 15.1. The maximum atomic E-state index is 12.6. The Bertz CT molecular complexity index is 1080. The van der Waals surface area contributed by atoms with Crippen LogP contribution in [0, 0.1) is 0 Å². The van der Waals surface area contributed by atoms with E-state index < -0.39 is 0 Å². The third-order valence-electron chi connectivity index (χ3n) is 4.04. The summed E-state index contributed by atoms with van der Waals surface area (Å²) in [7, 11) is 1.59. The number of ether oxygens (including phenoxy) is 1. The average molecular weight is 332 g/mol. The molecule has 0 atom stereocenters. The fraction of sp³-hybridized carbons (Fsp3) is 0.105. The van der Waals surface area contributed by atoms with Crippen LogP contribution < -0.4 is 10.3 Å². The SMILES string of the molecule is COc1ccccc1-c1nc2ncn(Cc3ccccc3)c2c(=O)[nH]1. The van der Waals surface area contributed by atoms with Crippen LogP contribution in [0.2, 0.25) is 0 Å². The van der Waals surface area contributed by atoms with Crippen molar-refractivity contribution in [1.29, 1.82) is 0 Å². The predicted molar refractivity (Wildman–Crippen MR) is 95.7 cm³/mol. The third-order valence-corrected chi connectivity index (χ3v) is 4.04. The lowest BCUT2D eigenvalue weighted by Crippen LogP contribution is -2.14. The van der Waals surface area contributed by atoms with Gasteiger partial charge in [0.1, 0.15) is 11.6 Å². The van der Waals surface area contributed by atoms with Gasteiger partial charge in [-0.3, -0.25) is 4.79 Å². The number of H-pyrrole nitrogens is 1. The van der Waals surface area contributed by atoms with Gasteiger partial charge in [0.2, 0.25) is 0 Å². The molecular weight excluding hydrogens is 316 g/mol. The molecule has 1 N–H and O–H groups in total. The van der Waals surface area contributed by atoms with Gasteiger partial charge in [-0.15, -0.1) is 0 Å². The standard InChI is InChI=1S/C19H16N4O2/c1-25-15-10-6-5-9-14(15)17-21-18-16(19(24)22-17)23(12-20-18)11-13-7-3-2-4-8-13/h2-10,12H,11H2,1H3,(H,21,22,24). The van der Waals surface area contributed by atoms with Crippen molar-refractivity contribution in [3.05, 3.63) is 76.8 Å². The molecule has 0 aliphatic rings. The van der Waals surface area contributed by atoms with Crippen molar-refractivity contribution in [2.75, 3.05) is 7.11 Å². The number of methoxy groups -OCH3 is 1. The Balaban J connectivity index is 1.81. The Labute approximate surface area is 143 Å². The number of rotatable bonds is 4. The summed E-state index contributed by atoms with van der Waals surface area (Å²) >= 11 is 0. The highest BCUT2D eigenvalue weighted by Gasteiger charge is 2.14. The number of para-hydroxylation sites is 1. The van der Waals surface area contributed by atoms with E-state index in [9.17, 15) is 4.79 Å². The van der Waals surface area contributed by atoms with E-state index in [1.165, 1.54) is 0 Å². The van der Waals surface area contributed by atoms with Gasteiger partial charge < -0.3 is 14.3 Å². The molecule has 6 nitrogen and oxygen atoms in total. The van der Waals surface area contributed by atoms with E-state index in [0.29, 0.717) is 29.3 Å². The van der Waals surface area contributed by atoms with Crippen LogP contribution in [0.1, 0.15) is 5.56 Å². The number of aromatic amines is 1. The number of hydrogen-bond acceptors (Lipinski definition) is 4. The van der Waals surface area contributed by atoms with E-state index in [0.717, 1.165) is 11.1 Å². The lowest BCUT2D eigenvalue weighted by molar-refractivity contribution is 0.416. The molecule has 2 aromatic heterocycles. The maximum absolute atomic E-state index is 12.6. The molecule has 4 aromatic rings. The molecule has 0 aliphatic heterocycles. The minimum absolute atomic E-state index is 0.223. The van der Waals surface area contributed by atoms with Crippen molar-refractivity contribution in [3.8, 4) is 17.1 Å². The molecule has 25 heavy (non-hydrogen) atoms. The van der Waals surface area contributed by atoms with E-state index in [4.69, 9.17) is 4.74 Å². The molecule has 0 unspecified atom stereocenters. The molecule has 124 valence electrons. The van der Waals surface area contributed by atoms with Crippen molar-refractivity contribution in [2.45, 2.75) is 6.54 Å². The van der Waals surface area contributed by atoms with Crippen LogP contribution in [0.15, 0.2) is 65.7 Å². The minimum atomic E-state index is -0.223. The van der Waals surface area contributed by atoms with Gasteiger partial charge in [-0.25, -0.2) is 9.97 Å². The Morgan fingerprint density at radius 2 is 1.84 bits per heavy atom. The van der Waals surface area contributed by atoms with E-state index in [1.54, 1.807) is 13.4 Å². The van der Waals surface area contributed by atoms with Gasteiger partial charge in [-0.1, -0.05) is 42.5 Å². The molecule has 6 heteroatoms. The molecule has 0 saturated heterocycles. The van der Waals surface area contributed by atoms with Gasteiger partial charge in [-0.2, -0.15) is 0 Å². The number of aromatic nitrogens is 4. The topological polar surface area (TPSA) is 72.8 Å². The lowest BCUT2D eigenvalue weighted by Gasteiger charge is -2.08. The highest BCUT2D eigenvalue weighted by atomic mass is 16.5. The Morgan fingerprint density at radius 3 is 2.64 bits per heavy atom. The highest BCUT2D eigenvalue weighted by molar-refractivity contribution is 5.74. The number of nitrogens with one attached hydrogen (secondary N) is 1. The van der Waals surface area contributed by atoms with E-state index in [1.807, 2.05) is 59.2 Å². The van der Waals surface area contributed by atoms with E-state index in [2.05, 4.69) is 15.0 Å². The number of imidazole rings is 1. The molecular formula is C19H16N4O2. The van der Waals surface area contributed by atoms with Crippen molar-refractivity contribution < 1.29 is 4.74 Å². The van der Waals surface area contributed by atoms with Crippen LogP contribution in [0.25, 0.3) is 22.6 Å². The molecule has 0 bridgehead atoms. The molecule has 0 spiro atoms. The van der Waals surface area contributed by atoms with Crippen LogP contribution in [-0.2, 0) is 6.54 Å². The molecule has 0 fully saturated rings. The monoisotopic (exact) mass is 332 g/mol. The Hall–Kier alpha value is -3.41. The second kappa shape index (κ2) is 6.24. The first-order valence-electron chi connectivity index (χ1n) is 7.89. The van der Waals surface area contributed by atoms with Gasteiger partial charge in [-0.05, 0) is 17.7 Å². The quantitative estimate of drug-likeness (QED) is 0.624. The molecule has 0 aliphatic carbocycles. The molecule has 0 amide bonds. The molecule has 2 heterocycles. The zero-order valence-corrected chi connectivity index (χ0v) is 13.6. The number of benzene rings is 2. The molecule has 2 aromatic carbocycles. The lowest BCUT2D eigenvalue weighted by atomic mass is 10.2. The first-order chi connectivity index (χ1) is 12.3. The van der Waals surface area contributed by atoms with Crippen LogP contribution >= 0.6 is 0 Å². The fourth-order valence-electron chi connectivity index (χ4n) is 2.85. The summed E-state index contributed by atoms with van der Waals surface area (Å²) in [4.78, 5) is 24.3. The van der Waals surface area contributed by atoms with Gasteiger partial charge in [0.25, 0.3) is 5.56 Å². The summed E-state index contributed by atoms with van der Waals surface area (Å²) in [5.74, 6) is 1.09. The second-order valence-corrected chi connectivity index (χ2v) is 5.65. The number of fused-ring (bicyclic) bond motifs is 1. The summed E-state index contributed by atoms with van der Waals surface area (Å²) in [5, 5.41) is 0. The Morgan fingerprint density at radius 1 is 1.08 bits per heavy atom. The van der Waals surface area contributed by atoms with Crippen LogP contribution in [0.3, 0.4) is 0 Å². The van der Waals surface area contributed by atoms with E-state index in [-0.39, 0.29) is 5.56 Å². The average Bonchev–Trinajstić information content (AvgIpc) is 3.06. The molecule has 0 saturated carbocycles. The maximum Gasteiger partial charge on any atom is 0.277 e. The van der Waals surface area contributed by atoms with Gasteiger partial charge in [0.05, 0.1) is 19.0 Å². The molecule has 0 radical (unpaired) electrons. The smallest absolute Gasteiger partial charge is 0.277 e. The third kappa shape index (κ3) is 2.78. The predicted octanol–water partition coefficient (Wildman–Crippen LogP) is 2.84. The van der Waals surface area contributed by atoms with Crippen molar-refractivity contribution >= 4 is 11.2 Å². The van der Waals surface area contributed by atoms with Crippen molar-refractivity contribution in [2.24, 2.45) is 0 Å². The van der Waals surface area contributed by atoms with Crippen LogP contribution in [0.5, 0.6) is 5.75 Å². The minimum Gasteiger partial charge on any atom is -0.496 e. The van der Waals surface area contributed by atoms with Crippen LogP contribution in [0.4, 0.5) is 0 Å². The van der Waals surface area contributed by atoms with Gasteiger partial charge >= 0.3 is 0 Å². The number of nitrogens with zero attached hydrogens (tertiary/aromatic N) is 3. The molecule has 4 rings (SSSR count). The normalized spacial score (nSPS) is 10.9. The van der Waals surface area contributed by atoms with Gasteiger partial charge in [0, 0.05) is 6.54 Å². The fourth-order valence-corrected chi connectivity index (χ4v) is 2.85.